The van der Waals surface area contributed by atoms with E-state index >= 15 is 0 Å². The Morgan fingerprint density at radius 3 is 3.00 bits per heavy atom. The average Bonchev–Trinajstić information content (AvgIpc) is 2.85. The van der Waals surface area contributed by atoms with E-state index in [9.17, 15) is 0 Å². The summed E-state index contributed by atoms with van der Waals surface area (Å²) in [6.45, 7) is 2.74. The van der Waals surface area contributed by atoms with Crippen molar-refractivity contribution < 1.29 is 0 Å². The number of nitrogens with one attached hydrogen (secondary N) is 1. The summed E-state index contributed by atoms with van der Waals surface area (Å²) in [6, 6.07) is 7.40. The van der Waals surface area contributed by atoms with Crippen LogP contribution in [-0.4, -0.2) is 4.98 Å². The van der Waals surface area contributed by atoms with Crippen molar-refractivity contribution in [3.8, 4) is 6.07 Å². The van der Waals surface area contributed by atoms with E-state index in [2.05, 4.69) is 23.3 Å². The highest BCUT2D eigenvalue weighted by Gasteiger charge is 2.04. The highest BCUT2D eigenvalue weighted by atomic mass is 32.1. The molecule has 1 aromatic heterocycles. The van der Waals surface area contributed by atoms with Gasteiger partial charge in [0.05, 0.1) is 17.8 Å². The van der Waals surface area contributed by atoms with Crippen LogP contribution in [0.4, 0.5) is 11.4 Å². The zero-order valence-corrected chi connectivity index (χ0v) is 10.9. The first kappa shape index (κ1) is 12.4. The lowest BCUT2D eigenvalue weighted by molar-refractivity contribution is 1.09. The van der Waals surface area contributed by atoms with E-state index in [4.69, 9.17) is 11.0 Å². The lowest BCUT2D eigenvalue weighted by Crippen LogP contribution is -2.01. The molecular formula is C13H14N4S. The van der Waals surface area contributed by atoms with Crippen LogP contribution in [0.3, 0.4) is 0 Å². The number of rotatable bonds is 4. The molecular weight excluding hydrogens is 244 g/mol. The molecule has 92 valence electrons. The van der Waals surface area contributed by atoms with Gasteiger partial charge in [0.25, 0.3) is 0 Å². The summed E-state index contributed by atoms with van der Waals surface area (Å²) in [5.74, 6) is 0. The molecule has 2 aromatic rings. The fourth-order valence-electron chi connectivity index (χ4n) is 1.57. The number of benzene rings is 1. The summed E-state index contributed by atoms with van der Waals surface area (Å²) in [6.07, 6.45) is 2.90. The number of aryl methyl sites for hydroxylation is 1. The normalized spacial score (nSPS) is 10.0. The van der Waals surface area contributed by atoms with Crippen molar-refractivity contribution >= 4 is 22.7 Å². The molecule has 1 heterocycles. The Balaban J connectivity index is 2.08. The van der Waals surface area contributed by atoms with Gasteiger partial charge in [-0.1, -0.05) is 6.92 Å². The summed E-state index contributed by atoms with van der Waals surface area (Å²) in [7, 11) is 0. The average molecular weight is 258 g/mol. The van der Waals surface area contributed by atoms with E-state index in [0.717, 1.165) is 17.1 Å². The first-order valence-electron chi connectivity index (χ1n) is 5.70. The lowest BCUT2D eigenvalue weighted by atomic mass is 10.2. The maximum absolute atomic E-state index is 9.02. The number of thiazole rings is 1. The Hall–Kier alpha value is -2.06. The van der Waals surface area contributed by atoms with E-state index in [-0.39, 0.29) is 0 Å². The van der Waals surface area contributed by atoms with Crippen molar-refractivity contribution in [3.05, 3.63) is 39.8 Å². The van der Waals surface area contributed by atoms with Crippen LogP contribution < -0.4 is 11.1 Å². The van der Waals surface area contributed by atoms with Gasteiger partial charge in [-0.25, -0.2) is 4.98 Å². The third-order valence-electron chi connectivity index (χ3n) is 2.54. The van der Waals surface area contributed by atoms with Gasteiger partial charge < -0.3 is 11.1 Å². The number of nitrogen functional groups attached to an aromatic ring is 1. The van der Waals surface area contributed by atoms with Crippen molar-refractivity contribution in [1.29, 1.82) is 5.26 Å². The molecule has 0 amide bonds. The van der Waals surface area contributed by atoms with Crippen molar-refractivity contribution in [2.75, 3.05) is 11.1 Å². The van der Waals surface area contributed by atoms with Crippen molar-refractivity contribution in [2.24, 2.45) is 0 Å². The first-order valence-corrected chi connectivity index (χ1v) is 6.51. The zero-order chi connectivity index (χ0) is 13.0. The number of anilines is 2. The second-order valence-corrected chi connectivity index (χ2v) is 5.04. The Labute approximate surface area is 110 Å². The van der Waals surface area contributed by atoms with E-state index in [0.29, 0.717) is 17.8 Å². The maximum atomic E-state index is 9.02. The SMILES string of the molecule is CCc1cnc(CNc2ccc(N)cc2C#N)s1. The third kappa shape index (κ3) is 2.79. The number of nitrogens with zero attached hydrogens (tertiary/aromatic N) is 2. The van der Waals surface area contributed by atoms with Crippen LogP contribution in [0.25, 0.3) is 0 Å². The van der Waals surface area contributed by atoms with Gasteiger partial charge in [-0.3, -0.25) is 0 Å². The van der Waals surface area contributed by atoms with Crippen molar-refractivity contribution in [1.82, 2.24) is 4.98 Å². The zero-order valence-electron chi connectivity index (χ0n) is 10.1. The second kappa shape index (κ2) is 5.52. The van der Waals surface area contributed by atoms with Crippen LogP contribution in [0.5, 0.6) is 0 Å². The predicted octanol–water partition coefficient (Wildman–Crippen LogP) is 2.77. The van der Waals surface area contributed by atoms with Gasteiger partial charge in [-0.15, -0.1) is 11.3 Å². The van der Waals surface area contributed by atoms with Crippen LogP contribution in [0.15, 0.2) is 24.4 Å². The lowest BCUT2D eigenvalue weighted by Gasteiger charge is -2.06. The summed E-state index contributed by atoms with van der Waals surface area (Å²) in [4.78, 5) is 5.59. The maximum Gasteiger partial charge on any atom is 0.112 e. The number of nitriles is 1. The summed E-state index contributed by atoms with van der Waals surface area (Å²) in [5.41, 5.74) is 7.59. The Kier molecular flexibility index (Phi) is 3.80. The Morgan fingerprint density at radius 2 is 2.33 bits per heavy atom. The quantitative estimate of drug-likeness (QED) is 0.827. The van der Waals surface area contributed by atoms with Crippen LogP contribution in [0.2, 0.25) is 0 Å². The highest BCUT2D eigenvalue weighted by molar-refractivity contribution is 7.11. The molecule has 0 bridgehead atoms. The van der Waals surface area contributed by atoms with Crippen LogP contribution in [0, 0.1) is 11.3 Å². The standard InChI is InChI=1S/C13H14N4S/c1-2-11-7-17-13(18-11)8-16-12-4-3-10(15)5-9(12)6-14/h3-5,7,16H,2,8,15H2,1H3. The van der Waals surface area contributed by atoms with Crippen molar-refractivity contribution in [3.63, 3.8) is 0 Å². The molecule has 0 saturated carbocycles. The summed E-state index contributed by atoms with van der Waals surface area (Å²) in [5, 5.41) is 13.3. The molecule has 1 aromatic carbocycles. The molecule has 0 spiro atoms. The predicted molar refractivity (Wildman–Crippen MR) is 74.4 cm³/mol. The van der Waals surface area contributed by atoms with E-state index < -0.39 is 0 Å². The largest absolute Gasteiger partial charge is 0.399 e. The molecule has 0 aliphatic heterocycles. The minimum atomic E-state index is 0.558. The van der Waals surface area contributed by atoms with Gasteiger partial charge in [-0.2, -0.15) is 5.26 Å². The van der Waals surface area contributed by atoms with Gasteiger partial charge in [0.2, 0.25) is 0 Å². The molecule has 0 radical (unpaired) electrons. The molecule has 4 nitrogen and oxygen atoms in total. The molecule has 0 fully saturated rings. The molecule has 3 N–H and O–H groups in total. The van der Waals surface area contributed by atoms with E-state index in [1.54, 1.807) is 23.5 Å². The van der Waals surface area contributed by atoms with Crippen molar-refractivity contribution in [2.45, 2.75) is 19.9 Å². The highest BCUT2D eigenvalue weighted by Crippen LogP contribution is 2.20. The topological polar surface area (TPSA) is 74.7 Å². The van der Waals surface area contributed by atoms with Crippen LogP contribution in [-0.2, 0) is 13.0 Å². The van der Waals surface area contributed by atoms with Gasteiger partial charge in [0.15, 0.2) is 0 Å². The molecule has 0 atom stereocenters. The Morgan fingerprint density at radius 1 is 1.50 bits per heavy atom. The van der Waals surface area contributed by atoms with Gasteiger partial charge in [-0.05, 0) is 24.6 Å². The molecule has 0 saturated heterocycles. The minimum Gasteiger partial charge on any atom is -0.399 e. The smallest absolute Gasteiger partial charge is 0.112 e. The molecule has 18 heavy (non-hydrogen) atoms. The second-order valence-electron chi connectivity index (χ2n) is 3.84. The minimum absolute atomic E-state index is 0.558. The van der Waals surface area contributed by atoms with Crippen LogP contribution >= 0.6 is 11.3 Å². The molecule has 0 aliphatic rings. The third-order valence-corrected chi connectivity index (χ3v) is 3.69. The van der Waals surface area contributed by atoms with Crippen LogP contribution in [0.1, 0.15) is 22.4 Å². The monoisotopic (exact) mass is 258 g/mol. The molecule has 0 unspecified atom stereocenters. The summed E-state index contributed by atoms with van der Waals surface area (Å²) < 4.78 is 0. The fraction of sp³-hybridized carbons (Fsp3) is 0.231. The van der Waals surface area contributed by atoms with E-state index in [1.807, 2.05) is 12.3 Å². The number of nitrogens with two attached hydrogens (primary N) is 1. The Bertz CT molecular complexity index is 583. The number of hydrogen-bond donors (Lipinski definition) is 2. The summed E-state index contributed by atoms with van der Waals surface area (Å²) >= 11 is 1.69. The van der Waals surface area contributed by atoms with E-state index in [1.165, 1.54) is 4.88 Å². The molecule has 5 heteroatoms. The molecule has 0 aliphatic carbocycles. The van der Waals surface area contributed by atoms with Gasteiger partial charge in [0.1, 0.15) is 11.1 Å². The fourth-order valence-corrected chi connectivity index (χ4v) is 2.37. The van der Waals surface area contributed by atoms with Gasteiger partial charge in [0, 0.05) is 16.8 Å². The number of hydrogen-bond acceptors (Lipinski definition) is 5. The number of aromatic nitrogens is 1. The van der Waals surface area contributed by atoms with Gasteiger partial charge >= 0.3 is 0 Å². The molecule has 2 rings (SSSR count). The first-order chi connectivity index (χ1) is 8.72.